The van der Waals surface area contributed by atoms with Crippen molar-refractivity contribution in [2.45, 2.75) is 38.5 Å². The van der Waals surface area contributed by atoms with Gasteiger partial charge in [-0.25, -0.2) is 9.97 Å². The third kappa shape index (κ3) is 3.01. The van der Waals surface area contributed by atoms with E-state index in [-0.39, 0.29) is 0 Å². The number of aromatic nitrogens is 5. The van der Waals surface area contributed by atoms with Crippen molar-refractivity contribution in [2.75, 3.05) is 0 Å². The van der Waals surface area contributed by atoms with Crippen LogP contribution in [0.2, 0.25) is 0 Å². The highest BCUT2D eigenvalue weighted by atomic mass is 16.1. The Bertz CT molecular complexity index is 1210. The number of fused-ring (bicyclic) bond motifs is 1. The number of hydrogen-bond acceptors (Lipinski definition) is 4. The molecule has 1 amide bonds. The van der Waals surface area contributed by atoms with Crippen molar-refractivity contribution in [1.29, 1.82) is 0 Å². The number of H-pyrrole nitrogens is 1. The molecule has 0 bridgehead atoms. The Kier molecular flexibility index (Phi) is 2.30. The Morgan fingerprint density at radius 2 is 2.44 bits per heavy atom. The quantitative estimate of drug-likeness (QED) is 0.741. The van der Waals surface area contributed by atoms with Crippen molar-refractivity contribution in [1.82, 2.24) is 24.7 Å². The fourth-order valence-corrected chi connectivity index (χ4v) is 2.84. The van der Waals surface area contributed by atoms with Crippen LogP contribution in [0.1, 0.15) is 49.5 Å². The third-order valence-electron chi connectivity index (χ3n) is 3.98. The average Bonchev–Trinajstić information content (AvgIpc) is 3.40. The zero-order valence-electron chi connectivity index (χ0n) is 21.4. The van der Waals surface area contributed by atoms with Crippen molar-refractivity contribution < 1.29 is 15.8 Å². The van der Waals surface area contributed by atoms with Crippen LogP contribution in [-0.4, -0.2) is 30.6 Å². The summed E-state index contributed by atoms with van der Waals surface area (Å²) in [6.45, 7) is 0.917. The molecule has 3 aromatic heterocycles. The van der Waals surface area contributed by atoms with Crippen molar-refractivity contribution in [2.24, 2.45) is 17.5 Å². The first-order valence-corrected chi connectivity index (χ1v) is 7.72. The van der Waals surface area contributed by atoms with Gasteiger partial charge in [0.25, 0.3) is 0 Å². The summed E-state index contributed by atoms with van der Waals surface area (Å²) < 4.78 is 68.9. The molecule has 130 valence electrons. The number of rotatable bonds is 5. The first-order chi connectivity index (χ1) is 15.1. The molecule has 3 N–H and O–H groups in total. The van der Waals surface area contributed by atoms with Crippen LogP contribution in [0, 0.1) is 11.8 Å². The van der Waals surface area contributed by atoms with Crippen molar-refractivity contribution in [3.8, 4) is 11.3 Å². The molecule has 1 saturated carbocycles. The topological polar surface area (TPSA) is 102 Å². The summed E-state index contributed by atoms with van der Waals surface area (Å²) in [5, 5.41) is 4.81. The number of carbonyl (C=O) groups excluding carboxylic acids is 1. The SMILES string of the molecule is [2H]C1([2H])C([2H])([2H])C([2H])([C@@H](CC(N)=O)n2cc(-c3ncnc4[nH]ccc34)cn2)C([2H])([2H])C1([2H])C. The van der Waals surface area contributed by atoms with Crippen LogP contribution in [0.5, 0.6) is 0 Å². The monoisotopic (exact) mass is 346 g/mol. The zero-order valence-corrected chi connectivity index (χ0v) is 13.4. The maximum atomic E-state index is 11.9. The van der Waals surface area contributed by atoms with E-state index in [1.807, 2.05) is 0 Å². The largest absolute Gasteiger partial charge is 0.370 e. The minimum Gasteiger partial charge on any atom is -0.370 e. The van der Waals surface area contributed by atoms with Gasteiger partial charge in [0.1, 0.15) is 12.0 Å². The number of primary amides is 1. The smallest absolute Gasteiger partial charge is 0.219 e. The highest BCUT2D eigenvalue weighted by Crippen LogP contribution is 2.39. The molecule has 2 unspecified atom stereocenters. The maximum absolute atomic E-state index is 11.9. The maximum Gasteiger partial charge on any atom is 0.219 e. The van der Waals surface area contributed by atoms with Gasteiger partial charge in [-0.05, 0) is 30.6 Å². The molecule has 1 aliphatic carbocycles. The molecular formula is C18H22N6O. The summed E-state index contributed by atoms with van der Waals surface area (Å²) in [5.74, 6) is -6.54. The van der Waals surface area contributed by atoms with E-state index >= 15 is 0 Å². The molecule has 3 aromatic rings. The van der Waals surface area contributed by atoms with E-state index in [1.54, 1.807) is 12.3 Å². The highest BCUT2D eigenvalue weighted by Gasteiger charge is 2.31. The second kappa shape index (κ2) is 6.31. The third-order valence-corrected chi connectivity index (χ3v) is 3.98. The molecule has 7 nitrogen and oxygen atoms in total. The second-order valence-corrected chi connectivity index (χ2v) is 5.77. The van der Waals surface area contributed by atoms with E-state index in [2.05, 4.69) is 20.1 Å². The van der Waals surface area contributed by atoms with Gasteiger partial charge in [-0.15, -0.1) is 0 Å². The van der Waals surface area contributed by atoms with Crippen LogP contribution in [0.4, 0.5) is 0 Å². The highest BCUT2D eigenvalue weighted by molar-refractivity contribution is 5.90. The first kappa shape index (κ1) is 9.12. The summed E-state index contributed by atoms with van der Waals surface area (Å²) >= 11 is 0. The lowest BCUT2D eigenvalue weighted by atomic mass is 9.94. The molecular weight excluding hydrogens is 316 g/mol. The van der Waals surface area contributed by atoms with E-state index in [0.29, 0.717) is 22.3 Å². The molecule has 1 aliphatic rings. The van der Waals surface area contributed by atoms with Crippen molar-refractivity contribution in [3.63, 3.8) is 0 Å². The van der Waals surface area contributed by atoms with Gasteiger partial charge < -0.3 is 10.7 Å². The van der Waals surface area contributed by atoms with Gasteiger partial charge in [0.05, 0.1) is 17.9 Å². The predicted molar refractivity (Wildman–Crippen MR) is 94.5 cm³/mol. The van der Waals surface area contributed by atoms with Gasteiger partial charge in [-0.2, -0.15) is 5.10 Å². The van der Waals surface area contributed by atoms with Crippen LogP contribution >= 0.6 is 0 Å². The molecule has 3 atom stereocenters. The molecule has 0 spiro atoms. The van der Waals surface area contributed by atoms with Crippen molar-refractivity contribution >= 4 is 16.9 Å². The number of hydrogen-bond donors (Lipinski definition) is 2. The standard InChI is InChI=1S/C18H22N6O/c1-11-2-3-12(6-11)15(7-16(19)25)24-9-13(8-23-24)17-14-4-5-20-18(14)22-10-21-17/h4-5,8-12,15H,2-3,6-7H2,1H3,(H2,19,25)(H,20,21,22)/t11?,12?,15-/m1/s1/i2D2,3D2,6D2,11D,12D. The molecule has 3 heterocycles. The van der Waals surface area contributed by atoms with Crippen LogP contribution in [0.3, 0.4) is 0 Å². The van der Waals surface area contributed by atoms with E-state index in [4.69, 9.17) is 16.7 Å². The van der Waals surface area contributed by atoms with Gasteiger partial charge in [-0.1, -0.05) is 13.3 Å². The summed E-state index contributed by atoms with van der Waals surface area (Å²) in [6.07, 6.45) is -4.26. The van der Waals surface area contributed by atoms with E-state index in [1.165, 1.54) is 18.7 Å². The van der Waals surface area contributed by atoms with E-state index in [0.717, 1.165) is 11.6 Å². The Hall–Kier alpha value is -2.70. The predicted octanol–water partition coefficient (Wildman–Crippen LogP) is 2.67. The molecule has 0 aromatic carbocycles. The fraction of sp³-hybridized carbons (Fsp3) is 0.444. The van der Waals surface area contributed by atoms with Crippen molar-refractivity contribution in [3.05, 3.63) is 31.0 Å². The van der Waals surface area contributed by atoms with E-state index in [9.17, 15) is 4.79 Å². The molecule has 0 radical (unpaired) electrons. The summed E-state index contributed by atoms with van der Waals surface area (Å²) in [4.78, 5) is 23.2. The van der Waals surface area contributed by atoms with Gasteiger partial charge in [0.15, 0.2) is 0 Å². The molecule has 25 heavy (non-hydrogen) atoms. The molecule has 4 rings (SSSR count). The van der Waals surface area contributed by atoms with Gasteiger partial charge in [-0.3, -0.25) is 9.48 Å². The normalized spacial score (nSPS) is 38.3. The molecule has 0 aliphatic heterocycles. The first-order valence-electron chi connectivity index (χ1n) is 11.7. The summed E-state index contributed by atoms with van der Waals surface area (Å²) in [5.41, 5.74) is 6.82. The summed E-state index contributed by atoms with van der Waals surface area (Å²) in [6, 6.07) is 0.0861. The van der Waals surface area contributed by atoms with Crippen LogP contribution in [-0.2, 0) is 4.79 Å². The van der Waals surface area contributed by atoms with Crippen LogP contribution in [0.25, 0.3) is 22.3 Å². The van der Waals surface area contributed by atoms with Gasteiger partial charge in [0, 0.05) is 40.7 Å². The molecule has 1 fully saturated rings. The number of amides is 1. The van der Waals surface area contributed by atoms with Crippen LogP contribution < -0.4 is 5.73 Å². The zero-order chi connectivity index (χ0) is 24.6. The second-order valence-electron chi connectivity index (χ2n) is 5.77. The van der Waals surface area contributed by atoms with Crippen LogP contribution in [0.15, 0.2) is 31.0 Å². The van der Waals surface area contributed by atoms with Gasteiger partial charge >= 0.3 is 0 Å². The Morgan fingerprint density at radius 3 is 3.20 bits per heavy atom. The minimum atomic E-state index is -3.19. The lowest BCUT2D eigenvalue weighted by Gasteiger charge is -2.23. The number of aromatic amines is 1. The lowest BCUT2D eigenvalue weighted by molar-refractivity contribution is -0.119. The van der Waals surface area contributed by atoms with Gasteiger partial charge in [0.2, 0.25) is 5.91 Å². The Labute approximate surface area is 156 Å². The number of nitrogens with one attached hydrogen (secondary N) is 1. The molecule has 7 heteroatoms. The minimum absolute atomic E-state index is 0.427. The fourth-order valence-electron chi connectivity index (χ4n) is 2.84. The Morgan fingerprint density at radius 1 is 1.56 bits per heavy atom. The average molecular weight is 346 g/mol. The summed E-state index contributed by atoms with van der Waals surface area (Å²) in [7, 11) is 0. The molecule has 0 saturated heterocycles. The number of nitrogens with two attached hydrogens (primary N) is 1. The van der Waals surface area contributed by atoms with E-state index < -0.39 is 49.3 Å². The Balaban J connectivity index is 1.90. The lowest BCUT2D eigenvalue weighted by Crippen LogP contribution is -2.25. The number of carbonyl (C=O) groups is 1. The number of nitrogens with zero attached hydrogens (tertiary/aromatic N) is 4.